The maximum absolute atomic E-state index is 15.9. The Bertz CT molecular complexity index is 4880. The van der Waals surface area contributed by atoms with Crippen molar-refractivity contribution in [1.29, 1.82) is 0 Å². The molecule has 3 saturated carbocycles. The summed E-state index contributed by atoms with van der Waals surface area (Å²) >= 11 is 1.42. The van der Waals surface area contributed by atoms with Gasteiger partial charge in [0, 0.05) is 135 Å². The van der Waals surface area contributed by atoms with E-state index in [1.807, 2.05) is 31.2 Å². The number of benzene rings is 2. The number of hydrogen-bond acceptors (Lipinski definition) is 24. The zero-order valence-corrected chi connectivity index (χ0v) is 74.5. The summed E-state index contributed by atoms with van der Waals surface area (Å²) in [5, 5.41) is 30.6. The van der Waals surface area contributed by atoms with Gasteiger partial charge in [-0.05, 0) is 125 Å². The van der Waals surface area contributed by atoms with Crippen LogP contribution in [0.15, 0.2) is 84.5 Å². The number of nitrogens with one attached hydrogen (secondary N) is 3. The van der Waals surface area contributed by atoms with E-state index < -0.39 is 212 Å². The molecule has 0 radical (unpaired) electrons. The fraction of sp³-hybridized carbons (Fsp3) is 0.540. The van der Waals surface area contributed by atoms with E-state index in [4.69, 9.17) is 14.2 Å². The van der Waals surface area contributed by atoms with Gasteiger partial charge in [-0.3, -0.25) is 86.3 Å². The van der Waals surface area contributed by atoms with Crippen LogP contribution in [0.4, 0.5) is 15.8 Å². The summed E-state index contributed by atoms with van der Waals surface area (Å²) in [5.74, 6) is -12.1. The van der Waals surface area contributed by atoms with Gasteiger partial charge < -0.3 is 89.4 Å². The van der Waals surface area contributed by atoms with E-state index in [0.717, 1.165) is 90.8 Å². The number of nitrogens with zero attached hydrogens (tertiary/aromatic N) is 11. The van der Waals surface area contributed by atoms with E-state index in [1.54, 1.807) is 30.4 Å². The zero-order valence-electron chi connectivity index (χ0n) is 73.6. The number of amides is 15. The molecule has 4 aliphatic carbocycles. The van der Waals surface area contributed by atoms with Gasteiger partial charge in [-0.25, -0.2) is 9.29 Å². The number of likely N-dealkylation sites (N-methyl/N-ethyl adjacent to an activating group) is 10. The molecule has 0 unspecified atom stereocenters. The van der Waals surface area contributed by atoms with Crippen LogP contribution in [0.25, 0.3) is 0 Å². The third kappa shape index (κ3) is 22.9. The highest BCUT2D eigenvalue weighted by atomic mass is 32.1. The number of ketones is 3. The van der Waals surface area contributed by atoms with E-state index >= 15 is 4.39 Å². The Morgan fingerprint density at radius 3 is 1.61 bits per heavy atom. The second kappa shape index (κ2) is 41.5. The molecule has 6 aliphatic rings. The summed E-state index contributed by atoms with van der Waals surface area (Å²) in [4.78, 5) is 247. The molecule has 11 atom stereocenters. The Labute approximate surface area is 733 Å². The molecule has 3 aromatic rings. The molecule has 1 saturated heterocycles. The minimum atomic E-state index is -1.52. The van der Waals surface area contributed by atoms with Gasteiger partial charge in [-0.1, -0.05) is 37.6 Å². The van der Waals surface area contributed by atoms with Crippen LogP contribution in [0.1, 0.15) is 107 Å². The average molecular weight is 1770 g/mol. The number of fused-ring (bicyclic) bond motifs is 7. The van der Waals surface area contributed by atoms with Crippen LogP contribution in [0, 0.1) is 34.4 Å². The van der Waals surface area contributed by atoms with Crippen LogP contribution >= 0.6 is 11.3 Å². The van der Waals surface area contributed by atoms with Gasteiger partial charge in [0.1, 0.15) is 36.0 Å². The van der Waals surface area contributed by atoms with Gasteiger partial charge >= 0.3 is 0 Å². The van der Waals surface area contributed by atoms with Crippen LogP contribution in [0.5, 0.6) is 5.75 Å². The van der Waals surface area contributed by atoms with E-state index in [-0.39, 0.29) is 92.4 Å². The lowest BCUT2D eigenvalue weighted by molar-refractivity contribution is -0.200. The fourth-order valence-corrected chi connectivity index (χ4v) is 18.1. The van der Waals surface area contributed by atoms with Crippen molar-refractivity contribution in [2.24, 2.45) is 28.6 Å². The number of aliphatic hydroxyl groups excluding tert-OH is 2. The Hall–Kier alpha value is -11.8. The summed E-state index contributed by atoms with van der Waals surface area (Å²) in [7, 11) is 13.2. The molecule has 9 rings (SSSR count). The SMILES string of the molecule is CC(=O)CN(C)C(=O)CN(C)C(=O)CN(C)C(=O)CN(C)C(=O)CN(C)C(=O)CN(C)C(=O)CN(C)C(=O)CN(C)C(=O)CN(C)C(=O)CN(C)C(=O)CCCOc1cc(N2C(=O)C=CC2=O)c(F)cc1CCC(=O)N[C@@H](C)C(=O)N[C@@H](C)C(=O)Nc1cccc(Cc2ccc([C@@H]3O[C@@H]4C[C@H]5[C@@H]6CCC7=CC(=O)C=C[C@]7(C)[C@H]6[C@@H](O)C[C@]5(C)[C@]4(C(=O)CO)O3)s2)c1. The fourth-order valence-electron chi connectivity index (χ4n) is 17.1. The first-order chi connectivity index (χ1) is 59.2. The van der Waals surface area contributed by atoms with Crippen molar-refractivity contribution in [3.05, 3.63) is 111 Å². The number of halogens is 1. The molecule has 39 heteroatoms. The molecule has 4 fully saturated rings. The van der Waals surface area contributed by atoms with Crippen LogP contribution in [-0.2, 0) is 109 Å². The van der Waals surface area contributed by atoms with E-state index in [2.05, 4.69) is 22.9 Å². The number of aryl methyl sites for hydroxylation is 1. The molecule has 126 heavy (non-hydrogen) atoms. The van der Waals surface area contributed by atoms with Crippen molar-refractivity contribution < 1.29 is 115 Å². The molecule has 2 aromatic carbocycles. The normalized spacial score (nSPS) is 21.7. The molecule has 37 nitrogen and oxygen atoms in total. The van der Waals surface area contributed by atoms with Gasteiger partial charge in [0.15, 0.2) is 23.5 Å². The first-order valence-corrected chi connectivity index (χ1v) is 42.1. The second-order valence-electron chi connectivity index (χ2n) is 33.9. The van der Waals surface area contributed by atoms with Crippen LogP contribution in [0.3, 0.4) is 0 Å². The maximum atomic E-state index is 15.9. The lowest BCUT2D eigenvalue weighted by Gasteiger charge is -2.59. The molecular formula is C87H113FN14O23S. The van der Waals surface area contributed by atoms with E-state index in [9.17, 15) is 96.5 Å². The highest BCUT2D eigenvalue weighted by Gasteiger charge is 2.76. The van der Waals surface area contributed by atoms with Crippen molar-refractivity contribution >= 4 is 129 Å². The van der Waals surface area contributed by atoms with Crippen LogP contribution < -0.4 is 25.6 Å². The van der Waals surface area contributed by atoms with E-state index in [1.165, 1.54) is 107 Å². The monoisotopic (exact) mass is 1770 g/mol. The minimum absolute atomic E-state index is 0.000386. The predicted molar refractivity (Wildman–Crippen MR) is 452 cm³/mol. The number of anilines is 2. The molecule has 5 N–H and O–H groups in total. The predicted octanol–water partition coefficient (Wildman–Crippen LogP) is 0.423. The van der Waals surface area contributed by atoms with Gasteiger partial charge in [0.25, 0.3) is 11.8 Å². The highest BCUT2D eigenvalue weighted by molar-refractivity contribution is 7.12. The summed E-state index contributed by atoms with van der Waals surface area (Å²) in [5.41, 5.74) is -1.01. The number of Topliss-reactive ketones (excluding diaryl/α,β-unsaturated/α-hetero) is 2. The van der Waals surface area contributed by atoms with Gasteiger partial charge in [-0.2, -0.15) is 0 Å². The molecule has 1 aromatic heterocycles. The Morgan fingerprint density at radius 2 is 1.11 bits per heavy atom. The number of rotatable bonds is 39. The highest BCUT2D eigenvalue weighted by Crippen LogP contribution is 2.71. The van der Waals surface area contributed by atoms with Crippen LogP contribution in [0.2, 0.25) is 0 Å². The summed E-state index contributed by atoms with van der Waals surface area (Å²) in [6.07, 6.45) is 6.49. The van der Waals surface area contributed by atoms with Crippen molar-refractivity contribution in [2.75, 3.05) is 159 Å². The minimum Gasteiger partial charge on any atom is -0.493 e. The molecule has 3 heterocycles. The van der Waals surface area contributed by atoms with Crippen molar-refractivity contribution in [2.45, 2.75) is 129 Å². The van der Waals surface area contributed by atoms with Crippen molar-refractivity contribution in [3.63, 3.8) is 0 Å². The molecular weight excluding hydrogens is 1660 g/mol. The Morgan fingerprint density at radius 1 is 0.619 bits per heavy atom. The van der Waals surface area contributed by atoms with Crippen LogP contribution in [-0.4, -0.2) is 344 Å². The van der Waals surface area contributed by atoms with Gasteiger partial charge in [0.2, 0.25) is 76.8 Å². The topological polar surface area (TPSA) is 447 Å². The standard InChI is InChI=1S/C87H113FN14O23S/c1-50(104)39-92(6)72(112)41-94(8)74(114)43-96(10)76(116)45-98(12)78(118)47-100(14)80(120)48-101(15)79(119)46-99(13)77(117)44-97(11)75(115)42-95(9)73(113)40-93(7)69(109)20-17-31-123-64-37-62(102-70(110)27-28-71(102)111)61(88)34-54(64)21-26-68(108)89-51(2)82(121)90-52(3)83(122)91-56-19-16-18-53(32-56)33-58-23-25-65(126-58)84-124-67-36-60-59-24-22-55-35-57(105)29-30-85(55,4)81(59)63(106)38-86(60,5)87(67,125-84)66(107)49-103/h16,18-19,23,25,27-30,32,34-35,37,51-52,59-60,63,67,81,84,103,106H,17,20-22,24,26,31,33,36,38-49H2,1-15H3,(H,89,108)(H,90,121)(H,91,122)/t51-,52-,59-,60-,63-,67+,81+,84+,85-,86-,87+/m0/s1. The number of carbonyl (C=O) groups is 18. The summed E-state index contributed by atoms with van der Waals surface area (Å²) in [6.45, 7) is 2.79. The molecule has 2 aliphatic heterocycles. The van der Waals surface area contributed by atoms with Crippen molar-refractivity contribution in [3.8, 4) is 5.75 Å². The number of aliphatic hydroxyl groups is 2. The van der Waals surface area contributed by atoms with Gasteiger partial charge in [-0.15, -0.1) is 11.3 Å². The number of imide groups is 1. The number of thiophene rings is 1. The smallest absolute Gasteiger partial charge is 0.258 e. The summed E-state index contributed by atoms with van der Waals surface area (Å²) < 4.78 is 35.4. The largest absolute Gasteiger partial charge is 0.493 e. The van der Waals surface area contributed by atoms with E-state index in [0.29, 0.717) is 34.7 Å². The second-order valence-corrected chi connectivity index (χ2v) is 35.1. The lowest BCUT2D eigenvalue weighted by Crippen LogP contribution is -2.63. The lowest BCUT2D eigenvalue weighted by atomic mass is 9.46. The third-order valence-electron chi connectivity index (χ3n) is 24.5. The summed E-state index contributed by atoms with van der Waals surface area (Å²) in [6, 6.07) is 10.7. The molecule has 15 amide bonds. The third-order valence-corrected chi connectivity index (χ3v) is 25.6. The quantitative estimate of drug-likeness (QED) is 0.0382. The van der Waals surface area contributed by atoms with Crippen molar-refractivity contribution in [1.82, 2.24) is 59.6 Å². The first-order valence-electron chi connectivity index (χ1n) is 41.3. The first kappa shape index (κ1) is 98.0. The Balaban J connectivity index is 0.676. The molecule has 0 spiro atoms. The number of carbonyl (C=O) groups excluding carboxylic acids is 18. The van der Waals surface area contributed by atoms with Gasteiger partial charge in [0.05, 0.1) is 94.8 Å². The number of ether oxygens (including phenoxy) is 3. The zero-order chi connectivity index (χ0) is 93.0. The number of allylic oxidation sites excluding steroid dienone is 4. The molecule has 682 valence electrons. The molecule has 0 bridgehead atoms. The maximum Gasteiger partial charge on any atom is 0.258 e. The Kier molecular flexibility index (Phi) is 32.3. The average Bonchev–Trinajstić information content (AvgIpc) is 1.48. The number of hydrogen-bond donors (Lipinski definition) is 5.